The second kappa shape index (κ2) is 6.77. The molecule has 0 unspecified atom stereocenters. The van der Waals surface area contributed by atoms with Crippen LogP contribution in [0, 0.1) is 11.8 Å². The van der Waals surface area contributed by atoms with Crippen molar-refractivity contribution in [2.24, 2.45) is 11.8 Å². The highest BCUT2D eigenvalue weighted by Gasteiger charge is 2.32. The molecule has 1 N–H and O–H groups in total. The van der Waals surface area contributed by atoms with Crippen molar-refractivity contribution in [2.75, 3.05) is 0 Å². The van der Waals surface area contributed by atoms with Crippen molar-refractivity contribution >= 4 is 11.9 Å². The van der Waals surface area contributed by atoms with Crippen LogP contribution in [-0.4, -0.2) is 23.1 Å². The van der Waals surface area contributed by atoms with Gasteiger partial charge in [-0.3, -0.25) is 0 Å². The van der Waals surface area contributed by atoms with Crippen LogP contribution in [-0.2, 0) is 4.74 Å². The molecule has 0 aliphatic heterocycles. The molecule has 0 saturated heterocycles. The van der Waals surface area contributed by atoms with Gasteiger partial charge in [-0.2, -0.15) is 0 Å². The SMILES string of the molecule is C=C(C)[C@@H]1CC[C@@H](C)C[C@H]1OC(=O)c1ccccc1C(=O)O. The molecule has 1 saturated carbocycles. The molecule has 118 valence electrons. The summed E-state index contributed by atoms with van der Waals surface area (Å²) in [5.41, 5.74) is 1.09. The molecule has 0 bridgehead atoms. The van der Waals surface area contributed by atoms with E-state index in [0.29, 0.717) is 5.92 Å². The number of hydrogen-bond acceptors (Lipinski definition) is 3. The number of carboxylic acid groups (broad SMARTS) is 1. The molecule has 2 rings (SSSR count). The minimum absolute atomic E-state index is 0.0248. The summed E-state index contributed by atoms with van der Waals surface area (Å²) in [6.45, 7) is 8.09. The molecule has 1 aromatic rings. The van der Waals surface area contributed by atoms with Crippen molar-refractivity contribution in [1.29, 1.82) is 0 Å². The topological polar surface area (TPSA) is 63.6 Å². The van der Waals surface area contributed by atoms with Crippen molar-refractivity contribution in [1.82, 2.24) is 0 Å². The van der Waals surface area contributed by atoms with Crippen molar-refractivity contribution in [3.63, 3.8) is 0 Å². The highest BCUT2D eigenvalue weighted by Crippen LogP contribution is 2.35. The Bertz CT molecular complexity index is 591. The summed E-state index contributed by atoms with van der Waals surface area (Å²) in [5, 5.41) is 9.18. The molecule has 3 atom stereocenters. The predicted octanol–water partition coefficient (Wildman–Crippen LogP) is 3.92. The molecule has 1 fully saturated rings. The molecule has 0 amide bonds. The second-order valence-electron chi connectivity index (χ2n) is 6.17. The first kappa shape index (κ1) is 16.3. The maximum atomic E-state index is 12.4. The van der Waals surface area contributed by atoms with Gasteiger partial charge in [0.1, 0.15) is 6.10 Å². The zero-order chi connectivity index (χ0) is 16.3. The third-order valence-corrected chi connectivity index (χ3v) is 4.32. The average Bonchev–Trinajstić information content (AvgIpc) is 2.46. The summed E-state index contributed by atoms with van der Waals surface area (Å²) in [6.07, 6.45) is 2.61. The maximum absolute atomic E-state index is 12.4. The third-order valence-electron chi connectivity index (χ3n) is 4.32. The van der Waals surface area contributed by atoms with Crippen LogP contribution in [0.25, 0.3) is 0 Å². The number of carboxylic acids is 1. The molecule has 1 aromatic carbocycles. The Hall–Kier alpha value is -2.10. The van der Waals surface area contributed by atoms with Gasteiger partial charge in [-0.1, -0.05) is 31.2 Å². The number of carbonyl (C=O) groups is 2. The summed E-state index contributed by atoms with van der Waals surface area (Å²) in [4.78, 5) is 23.6. The van der Waals surface area contributed by atoms with Crippen molar-refractivity contribution in [3.05, 3.63) is 47.5 Å². The summed E-state index contributed by atoms with van der Waals surface area (Å²) in [5.74, 6) is -1.05. The minimum atomic E-state index is -1.12. The van der Waals surface area contributed by atoms with Crippen molar-refractivity contribution in [2.45, 2.75) is 39.2 Å². The Balaban J connectivity index is 2.20. The predicted molar refractivity (Wildman–Crippen MR) is 83.9 cm³/mol. The van der Waals surface area contributed by atoms with Crippen LogP contribution in [0.2, 0.25) is 0 Å². The maximum Gasteiger partial charge on any atom is 0.339 e. The Labute approximate surface area is 130 Å². The normalized spacial score (nSPS) is 24.5. The number of esters is 1. The smallest absolute Gasteiger partial charge is 0.339 e. The number of ether oxygens (including phenoxy) is 1. The summed E-state index contributed by atoms with van der Waals surface area (Å²) in [6, 6.07) is 6.15. The quantitative estimate of drug-likeness (QED) is 0.676. The van der Waals surface area contributed by atoms with E-state index >= 15 is 0 Å². The van der Waals surface area contributed by atoms with E-state index in [4.69, 9.17) is 4.74 Å². The van der Waals surface area contributed by atoms with E-state index in [2.05, 4.69) is 13.5 Å². The number of rotatable bonds is 4. The first-order valence-electron chi connectivity index (χ1n) is 7.58. The fraction of sp³-hybridized carbons (Fsp3) is 0.444. The number of carbonyl (C=O) groups excluding carboxylic acids is 1. The highest BCUT2D eigenvalue weighted by atomic mass is 16.5. The van der Waals surface area contributed by atoms with Crippen LogP contribution in [0.5, 0.6) is 0 Å². The van der Waals surface area contributed by atoms with Gasteiger partial charge in [0.25, 0.3) is 0 Å². The van der Waals surface area contributed by atoms with E-state index in [0.717, 1.165) is 24.8 Å². The molecule has 1 aliphatic carbocycles. The Morgan fingerprint density at radius 3 is 2.45 bits per heavy atom. The molecule has 1 aliphatic rings. The number of aromatic carboxylic acids is 1. The lowest BCUT2D eigenvalue weighted by molar-refractivity contribution is 0.000172. The van der Waals surface area contributed by atoms with Gasteiger partial charge >= 0.3 is 11.9 Å². The molecular weight excluding hydrogens is 280 g/mol. The van der Waals surface area contributed by atoms with E-state index in [9.17, 15) is 14.7 Å². The van der Waals surface area contributed by atoms with Crippen molar-refractivity contribution < 1.29 is 19.4 Å². The van der Waals surface area contributed by atoms with Gasteiger partial charge in [0, 0.05) is 5.92 Å². The van der Waals surface area contributed by atoms with Crippen LogP contribution in [0.1, 0.15) is 53.8 Å². The summed E-state index contributed by atoms with van der Waals surface area (Å²) < 4.78 is 5.65. The molecule has 4 nitrogen and oxygen atoms in total. The molecule has 22 heavy (non-hydrogen) atoms. The number of benzene rings is 1. The van der Waals surface area contributed by atoms with Crippen LogP contribution >= 0.6 is 0 Å². The van der Waals surface area contributed by atoms with Crippen LogP contribution < -0.4 is 0 Å². The second-order valence-corrected chi connectivity index (χ2v) is 6.17. The van der Waals surface area contributed by atoms with E-state index in [1.54, 1.807) is 12.1 Å². The van der Waals surface area contributed by atoms with E-state index in [1.807, 2.05) is 6.92 Å². The average molecular weight is 302 g/mol. The molecule has 0 radical (unpaired) electrons. The van der Waals surface area contributed by atoms with Crippen LogP contribution in [0.15, 0.2) is 36.4 Å². The highest BCUT2D eigenvalue weighted by molar-refractivity contribution is 6.02. The van der Waals surface area contributed by atoms with E-state index < -0.39 is 11.9 Å². The van der Waals surface area contributed by atoms with Crippen molar-refractivity contribution in [3.8, 4) is 0 Å². The lowest BCUT2D eigenvalue weighted by atomic mass is 9.77. The molecular formula is C18H22O4. The van der Waals surface area contributed by atoms with Crippen LogP contribution in [0.4, 0.5) is 0 Å². The fourth-order valence-electron chi connectivity index (χ4n) is 3.07. The van der Waals surface area contributed by atoms with Gasteiger partial charge in [-0.15, -0.1) is 0 Å². The standard InChI is InChI=1S/C18H22O4/c1-11(2)13-9-8-12(3)10-16(13)22-18(21)15-7-5-4-6-14(15)17(19)20/h4-7,12-13,16H,1,8-10H2,2-3H3,(H,19,20)/t12-,13+,16-/m1/s1. The van der Waals surface area contributed by atoms with Gasteiger partial charge in [0.2, 0.25) is 0 Å². The Morgan fingerprint density at radius 2 is 1.86 bits per heavy atom. The molecule has 0 heterocycles. The monoisotopic (exact) mass is 302 g/mol. The van der Waals surface area contributed by atoms with E-state index in [-0.39, 0.29) is 23.1 Å². The largest absolute Gasteiger partial charge is 0.478 e. The zero-order valence-corrected chi connectivity index (χ0v) is 13.0. The van der Waals surface area contributed by atoms with Gasteiger partial charge in [0.05, 0.1) is 11.1 Å². The summed E-state index contributed by atoms with van der Waals surface area (Å²) in [7, 11) is 0. The molecule has 0 aromatic heterocycles. The first-order chi connectivity index (χ1) is 10.4. The zero-order valence-electron chi connectivity index (χ0n) is 13.0. The van der Waals surface area contributed by atoms with Gasteiger partial charge < -0.3 is 9.84 Å². The third kappa shape index (κ3) is 3.56. The molecule has 4 heteroatoms. The van der Waals surface area contributed by atoms with Gasteiger partial charge in [-0.05, 0) is 44.2 Å². The summed E-state index contributed by atoms with van der Waals surface area (Å²) >= 11 is 0. The molecule has 0 spiro atoms. The Morgan fingerprint density at radius 1 is 1.23 bits per heavy atom. The number of hydrogen-bond donors (Lipinski definition) is 1. The lowest BCUT2D eigenvalue weighted by Gasteiger charge is -2.34. The van der Waals surface area contributed by atoms with Crippen LogP contribution in [0.3, 0.4) is 0 Å². The van der Waals surface area contributed by atoms with E-state index in [1.165, 1.54) is 12.1 Å². The van der Waals surface area contributed by atoms with Gasteiger partial charge in [0.15, 0.2) is 0 Å². The van der Waals surface area contributed by atoms with Gasteiger partial charge in [-0.25, -0.2) is 9.59 Å². The first-order valence-corrected chi connectivity index (χ1v) is 7.58. The fourth-order valence-corrected chi connectivity index (χ4v) is 3.07. The minimum Gasteiger partial charge on any atom is -0.478 e. The lowest BCUT2D eigenvalue weighted by Crippen LogP contribution is -2.34. The Kier molecular flexibility index (Phi) is 5.01.